The molecule has 21 rings (SSSR count). The first kappa shape index (κ1) is 66.9. The van der Waals surface area contributed by atoms with E-state index in [2.05, 4.69) is 380 Å². The van der Waals surface area contributed by atoms with Gasteiger partial charge in [0.25, 0.3) is 0 Å². The Balaban J connectivity index is 0.939. The maximum atomic E-state index is 9.96. The first-order chi connectivity index (χ1) is 61.1. The SMILES string of the molecule is [2H]c1c([2H])c([2H])c2c(c1[2H])c1c([2H])c([2H])c([2H])c([2H])c1n2-c1ccc2c(c1)N(c1cc(-c3ccccc3)cc(-c3ccccc3)c1)c1cc(-n3c4ccc(C(C)(C)C)cc4c4cc(C(C)(C)C)ccc43)cc3c1C2c1ccc(-c2cc(C(C)(C)C)cc(C(C)(C)C)c2)cc1N3c1cccc2c1oc1c(-n3c4ccc(C(C)(C)C)cc4c4cc(C(C)(C)C)ccc43)cccc12. The Bertz CT molecular complexity index is 7730. The molecule has 0 radical (unpaired) electrons. The lowest BCUT2D eigenvalue weighted by Gasteiger charge is -2.45. The van der Waals surface area contributed by atoms with Gasteiger partial charge in [-0.15, -0.1) is 0 Å². The summed E-state index contributed by atoms with van der Waals surface area (Å²) < 4.78 is 91.0. The average molecular weight is 1580 g/mol. The molecule has 0 saturated carbocycles. The molecular formula is C115H105N5O. The number of furan rings is 1. The quantitative estimate of drug-likeness (QED) is 0.152. The Kier molecular flexibility index (Phi) is 14.8. The Morgan fingerprint density at radius 1 is 0.240 bits per heavy atom. The molecule has 4 aromatic heterocycles. The summed E-state index contributed by atoms with van der Waals surface area (Å²) in [5.41, 5.74) is 28.3. The van der Waals surface area contributed by atoms with Crippen molar-refractivity contribution in [2.24, 2.45) is 0 Å². The van der Waals surface area contributed by atoms with E-state index in [1.807, 2.05) is 18.2 Å². The maximum Gasteiger partial charge on any atom is 0.159 e. The second kappa shape index (κ2) is 26.8. The highest BCUT2D eigenvalue weighted by Crippen LogP contribution is 2.64. The van der Waals surface area contributed by atoms with Crippen molar-refractivity contribution < 1.29 is 15.4 Å². The van der Waals surface area contributed by atoms with Gasteiger partial charge in [-0.05, 0) is 232 Å². The van der Waals surface area contributed by atoms with Crippen molar-refractivity contribution in [3.8, 4) is 50.4 Å². The predicted molar refractivity (Wildman–Crippen MR) is 516 cm³/mol. The fourth-order valence-electron chi connectivity index (χ4n) is 19.2. The van der Waals surface area contributed by atoms with E-state index >= 15 is 0 Å². The van der Waals surface area contributed by atoms with Crippen LogP contribution in [0.2, 0.25) is 0 Å². The topological polar surface area (TPSA) is 34.4 Å². The number of para-hydroxylation sites is 4. The van der Waals surface area contributed by atoms with Gasteiger partial charge in [0, 0.05) is 65.9 Å². The van der Waals surface area contributed by atoms with E-state index in [0.717, 1.165) is 145 Å². The summed E-state index contributed by atoms with van der Waals surface area (Å²) in [4.78, 5) is 4.91. The van der Waals surface area contributed by atoms with Crippen LogP contribution in [0, 0.1) is 0 Å². The first-order valence-electron chi connectivity index (χ1n) is 46.7. The van der Waals surface area contributed by atoms with E-state index in [9.17, 15) is 11.0 Å². The van der Waals surface area contributed by atoms with Crippen LogP contribution in [0.3, 0.4) is 0 Å². The number of aromatic nitrogens is 3. The van der Waals surface area contributed by atoms with Crippen molar-refractivity contribution in [2.45, 2.75) is 163 Å². The summed E-state index contributed by atoms with van der Waals surface area (Å²) in [6.45, 7) is 41.2. The number of anilines is 6. The molecule has 2 aliphatic rings. The van der Waals surface area contributed by atoms with E-state index in [4.69, 9.17) is 4.42 Å². The molecule has 596 valence electrons. The van der Waals surface area contributed by atoms with Crippen molar-refractivity contribution in [1.29, 1.82) is 0 Å². The monoisotopic (exact) mass is 1580 g/mol. The van der Waals surface area contributed by atoms with Crippen LogP contribution >= 0.6 is 0 Å². The molecule has 2 aliphatic heterocycles. The van der Waals surface area contributed by atoms with Gasteiger partial charge in [-0.25, -0.2) is 0 Å². The predicted octanol–water partition coefficient (Wildman–Crippen LogP) is 32.4. The molecule has 0 amide bonds. The lowest BCUT2D eigenvalue weighted by Crippen LogP contribution is -2.30. The molecule has 6 nitrogen and oxygen atoms in total. The average Bonchev–Trinajstić information content (AvgIpc) is 1.61. The highest BCUT2D eigenvalue weighted by atomic mass is 16.3. The largest absolute Gasteiger partial charge is 0.452 e. The van der Waals surface area contributed by atoms with Gasteiger partial charge in [0.2, 0.25) is 0 Å². The molecule has 6 heterocycles. The summed E-state index contributed by atoms with van der Waals surface area (Å²) in [5, 5.41) is 6.53. The van der Waals surface area contributed by atoms with E-state index < -0.39 is 42.2 Å². The summed E-state index contributed by atoms with van der Waals surface area (Å²) >= 11 is 0. The highest BCUT2D eigenvalue weighted by Gasteiger charge is 2.44. The zero-order chi connectivity index (χ0) is 90.6. The number of hydrogen-bond acceptors (Lipinski definition) is 3. The molecule has 0 fully saturated rings. The van der Waals surface area contributed by atoms with Crippen LogP contribution in [0.15, 0.2) is 308 Å². The molecule has 0 bridgehead atoms. The number of hydrogen-bond donors (Lipinski definition) is 0. The summed E-state index contributed by atoms with van der Waals surface area (Å²) in [6, 6.07) is 90.9. The standard InChI is InChI=1S/C115H105N5O/c1-110(2,3)75-44-51-96-90(62-75)91-63-76(111(4,5)6)45-52-97(91)117(96)83-67-104-107-105(68-83)120(101-42-30-38-87-86-37-29-41-100(108(86)121-109(87)101)119-98-53-46-77(112(7,8)9)64-92(98)93-65-78(113(10,11)12)47-54-99(93)119)102-60-71(74-56-79(114(13,14)15)61-80(57-74)115(16,17)18)43-49-88(102)106(107)89-50-48-81(116-94-39-27-25-35-84(94)85-36-26-28-40-95(85)116)66-103(89)118(104)82-58-72(69-31-21-19-22-32-69)55-73(59-82)70-33-23-20-24-34-70/h19-68,106H,1-18H3/i25D,26D,27D,28D,35D,36D,39D,40D. The van der Waals surface area contributed by atoms with Gasteiger partial charge in [-0.2, -0.15) is 0 Å². The Hall–Kier alpha value is -12.9. The zero-order valence-corrected chi connectivity index (χ0v) is 72.5. The highest BCUT2D eigenvalue weighted by molar-refractivity contribution is 6.17. The van der Waals surface area contributed by atoms with E-state index in [1.54, 1.807) is 4.57 Å². The van der Waals surface area contributed by atoms with Gasteiger partial charge in [-0.1, -0.05) is 306 Å². The summed E-state index contributed by atoms with van der Waals surface area (Å²) in [5.74, 6) is -0.550. The first-order valence-corrected chi connectivity index (χ1v) is 42.7. The molecule has 0 saturated heterocycles. The van der Waals surface area contributed by atoms with Crippen LogP contribution in [0.25, 0.3) is 138 Å². The molecule has 0 spiro atoms. The van der Waals surface area contributed by atoms with Gasteiger partial charge in [0.05, 0.1) is 83.9 Å². The fraction of sp³-hybridized carbons (Fsp3) is 0.217. The third-order valence-corrected chi connectivity index (χ3v) is 25.9. The van der Waals surface area contributed by atoms with Crippen LogP contribution < -0.4 is 9.80 Å². The molecule has 1 atom stereocenters. The second-order valence-electron chi connectivity index (χ2n) is 40.1. The number of fused-ring (bicyclic) bond motifs is 16. The van der Waals surface area contributed by atoms with E-state index in [0.29, 0.717) is 11.3 Å². The van der Waals surface area contributed by atoms with Crippen LogP contribution in [-0.4, -0.2) is 13.7 Å². The van der Waals surface area contributed by atoms with Gasteiger partial charge in [0.1, 0.15) is 0 Å². The number of nitrogens with zero attached hydrogens (tertiary/aromatic N) is 5. The minimum Gasteiger partial charge on any atom is -0.452 e. The minimum atomic E-state index is -0.550. The van der Waals surface area contributed by atoms with Crippen molar-refractivity contribution in [2.75, 3.05) is 9.80 Å². The Labute approximate surface area is 722 Å². The second-order valence-corrected chi connectivity index (χ2v) is 40.1. The maximum absolute atomic E-state index is 9.96. The third-order valence-electron chi connectivity index (χ3n) is 25.9. The van der Waals surface area contributed by atoms with Crippen LogP contribution in [0.5, 0.6) is 0 Å². The Morgan fingerprint density at radius 2 is 0.636 bits per heavy atom. The smallest absolute Gasteiger partial charge is 0.159 e. The fourth-order valence-corrected chi connectivity index (χ4v) is 19.2. The number of benzene rings is 15. The third kappa shape index (κ3) is 12.2. The van der Waals surface area contributed by atoms with Crippen LogP contribution in [-0.2, 0) is 32.5 Å². The van der Waals surface area contributed by atoms with Gasteiger partial charge < -0.3 is 27.9 Å². The van der Waals surface area contributed by atoms with Crippen molar-refractivity contribution in [1.82, 2.24) is 13.7 Å². The Morgan fingerprint density at radius 3 is 1.11 bits per heavy atom. The summed E-state index contributed by atoms with van der Waals surface area (Å²) in [6.07, 6.45) is 0. The zero-order valence-electron chi connectivity index (χ0n) is 80.5. The molecule has 0 N–H and O–H groups in total. The molecule has 6 heteroatoms. The lowest BCUT2D eigenvalue weighted by atomic mass is 9.74. The van der Waals surface area contributed by atoms with Crippen LogP contribution in [0.4, 0.5) is 34.1 Å². The van der Waals surface area contributed by atoms with Crippen molar-refractivity contribution in [3.63, 3.8) is 0 Å². The molecule has 0 aliphatic carbocycles. The molecule has 1 unspecified atom stereocenters. The van der Waals surface area contributed by atoms with Gasteiger partial charge in [-0.3, -0.25) is 0 Å². The van der Waals surface area contributed by atoms with Crippen LogP contribution in [0.1, 0.15) is 192 Å². The van der Waals surface area contributed by atoms with Crippen molar-refractivity contribution >= 4 is 121 Å². The normalized spacial score (nSPS) is 15.0. The molecule has 19 aromatic rings. The molecular weight excluding hydrogens is 1470 g/mol. The molecule has 15 aromatic carbocycles. The van der Waals surface area contributed by atoms with E-state index in [1.165, 1.54) is 44.2 Å². The lowest BCUT2D eigenvalue weighted by molar-refractivity contribution is 0.569. The van der Waals surface area contributed by atoms with Crippen molar-refractivity contribution in [3.05, 3.63) is 353 Å². The van der Waals surface area contributed by atoms with E-state index in [-0.39, 0.29) is 66.4 Å². The minimum absolute atomic E-state index is 0.00210. The summed E-state index contributed by atoms with van der Waals surface area (Å²) in [7, 11) is 0. The van der Waals surface area contributed by atoms with Gasteiger partial charge >= 0.3 is 0 Å². The molecule has 121 heavy (non-hydrogen) atoms. The van der Waals surface area contributed by atoms with Gasteiger partial charge in [0.15, 0.2) is 11.2 Å². The number of rotatable bonds is 8.